The molecule has 8 nitrogen and oxygen atoms in total. The van der Waals surface area contributed by atoms with Gasteiger partial charge in [0, 0.05) is 38.4 Å². The Bertz CT molecular complexity index is 1030. The van der Waals surface area contributed by atoms with Crippen LogP contribution >= 0.6 is 0 Å². The van der Waals surface area contributed by atoms with Crippen LogP contribution in [0.25, 0.3) is 5.65 Å². The van der Waals surface area contributed by atoms with E-state index >= 15 is 0 Å². The molecule has 4 rings (SSSR count). The molecule has 2 aromatic heterocycles. The average Bonchev–Trinajstić information content (AvgIpc) is 3.46. The Hall–Kier alpha value is -3.10. The number of hydrogen-bond donors (Lipinski definition) is 2. The molecule has 1 atom stereocenters. The van der Waals surface area contributed by atoms with Crippen molar-refractivity contribution in [1.29, 1.82) is 0 Å². The molecule has 1 aromatic carbocycles. The number of aliphatic hydroxyl groups excluding tert-OH is 1. The van der Waals surface area contributed by atoms with E-state index in [1.54, 1.807) is 13.2 Å². The molecule has 1 saturated heterocycles. The number of imidazole rings is 1. The molecule has 0 spiro atoms. The van der Waals surface area contributed by atoms with Gasteiger partial charge in [0.1, 0.15) is 29.9 Å². The van der Waals surface area contributed by atoms with Crippen LogP contribution < -0.4 is 14.8 Å². The molecule has 0 bridgehead atoms. The third-order valence-corrected chi connectivity index (χ3v) is 5.38. The van der Waals surface area contributed by atoms with Crippen molar-refractivity contribution in [3.8, 4) is 11.5 Å². The summed E-state index contributed by atoms with van der Waals surface area (Å²) in [6.45, 7) is 2.43. The van der Waals surface area contributed by atoms with Gasteiger partial charge in [-0.2, -0.15) is 0 Å². The number of methoxy groups -OCH3 is 1. The Morgan fingerprint density at radius 3 is 2.81 bits per heavy atom. The number of nitrogens with one attached hydrogen (secondary N) is 1. The summed E-state index contributed by atoms with van der Waals surface area (Å²) in [4.78, 5) is 19.4. The zero-order valence-electron chi connectivity index (χ0n) is 17.7. The molecule has 31 heavy (non-hydrogen) atoms. The van der Waals surface area contributed by atoms with Gasteiger partial charge in [0.05, 0.1) is 12.8 Å². The molecule has 0 saturated carbocycles. The van der Waals surface area contributed by atoms with Crippen LogP contribution in [0.3, 0.4) is 0 Å². The van der Waals surface area contributed by atoms with Gasteiger partial charge in [-0.05, 0) is 37.1 Å². The summed E-state index contributed by atoms with van der Waals surface area (Å²) in [7, 11) is 1.60. The number of nitrogens with zero attached hydrogens (tertiary/aromatic N) is 3. The fraction of sp³-hybridized carbons (Fsp3) is 0.391. The Morgan fingerprint density at radius 2 is 2.00 bits per heavy atom. The van der Waals surface area contributed by atoms with Crippen molar-refractivity contribution < 1.29 is 19.4 Å². The van der Waals surface area contributed by atoms with E-state index in [0.29, 0.717) is 30.3 Å². The number of benzene rings is 1. The third-order valence-electron chi connectivity index (χ3n) is 5.38. The van der Waals surface area contributed by atoms with Crippen molar-refractivity contribution in [2.75, 3.05) is 33.4 Å². The molecule has 2 N–H and O–H groups in total. The second-order valence-electron chi connectivity index (χ2n) is 7.61. The maximum absolute atomic E-state index is 13.0. The van der Waals surface area contributed by atoms with Crippen LogP contribution in [0.5, 0.6) is 11.5 Å². The van der Waals surface area contributed by atoms with E-state index in [4.69, 9.17) is 9.47 Å². The van der Waals surface area contributed by atoms with Crippen molar-refractivity contribution in [2.45, 2.75) is 25.5 Å². The Labute approximate surface area is 181 Å². The predicted octanol–water partition coefficient (Wildman–Crippen LogP) is 2.11. The molecule has 1 fully saturated rings. The minimum absolute atomic E-state index is 0.0279. The highest BCUT2D eigenvalue weighted by Gasteiger charge is 2.25. The number of pyridine rings is 1. The van der Waals surface area contributed by atoms with E-state index < -0.39 is 6.10 Å². The second-order valence-corrected chi connectivity index (χ2v) is 7.61. The third kappa shape index (κ3) is 4.98. The summed E-state index contributed by atoms with van der Waals surface area (Å²) in [5, 5.41) is 13.6. The number of ether oxygens (including phenoxy) is 2. The Balaban J connectivity index is 1.37. The minimum Gasteiger partial charge on any atom is -0.497 e. The highest BCUT2D eigenvalue weighted by Crippen LogP contribution is 2.19. The highest BCUT2D eigenvalue weighted by molar-refractivity contribution is 5.94. The SMILES string of the molecule is COc1cccc(OC[C@H](O)CNCc2c(C(=O)N3CCCC3)nc3ccccn23)c1. The fourth-order valence-electron chi connectivity index (χ4n) is 3.76. The summed E-state index contributed by atoms with van der Waals surface area (Å²) < 4.78 is 12.8. The van der Waals surface area contributed by atoms with Crippen molar-refractivity contribution in [2.24, 2.45) is 0 Å². The molecule has 8 heteroatoms. The van der Waals surface area contributed by atoms with Gasteiger partial charge in [-0.3, -0.25) is 4.79 Å². The van der Waals surface area contributed by atoms with E-state index in [1.165, 1.54) is 0 Å². The highest BCUT2D eigenvalue weighted by atomic mass is 16.5. The maximum Gasteiger partial charge on any atom is 0.274 e. The van der Waals surface area contributed by atoms with Crippen LogP contribution in [0.1, 0.15) is 29.0 Å². The number of aliphatic hydroxyl groups is 1. The lowest BCUT2D eigenvalue weighted by Gasteiger charge is -2.16. The number of rotatable bonds is 9. The summed E-state index contributed by atoms with van der Waals surface area (Å²) in [6, 6.07) is 13.0. The first-order chi connectivity index (χ1) is 15.2. The lowest BCUT2D eigenvalue weighted by molar-refractivity contribution is 0.0786. The fourth-order valence-corrected chi connectivity index (χ4v) is 3.76. The molecular weight excluding hydrogens is 396 g/mol. The van der Waals surface area contributed by atoms with Crippen LogP contribution in [0.2, 0.25) is 0 Å². The van der Waals surface area contributed by atoms with Gasteiger partial charge < -0.3 is 29.2 Å². The lowest BCUT2D eigenvalue weighted by Crippen LogP contribution is -2.33. The molecule has 3 aromatic rings. The molecule has 0 radical (unpaired) electrons. The molecule has 3 heterocycles. The zero-order valence-corrected chi connectivity index (χ0v) is 17.7. The van der Waals surface area contributed by atoms with Gasteiger partial charge >= 0.3 is 0 Å². The molecule has 1 aliphatic heterocycles. The summed E-state index contributed by atoms with van der Waals surface area (Å²) >= 11 is 0. The normalized spacial score (nSPS) is 14.7. The second kappa shape index (κ2) is 9.80. The molecule has 1 amide bonds. The molecule has 0 aliphatic carbocycles. The monoisotopic (exact) mass is 424 g/mol. The quantitative estimate of drug-likeness (QED) is 0.547. The van der Waals surface area contributed by atoms with E-state index in [-0.39, 0.29) is 12.5 Å². The summed E-state index contributed by atoms with van der Waals surface area (Å²) in [5.74, 6) is 1.31. The predicted molar refractivity (Wildman–Crippen MR) is 117 cm³/mol. The van der Waals surface area contributed by atoms with Gasteiger partial charge in [0.25, 0.3) is 5.91 Å². The maximum atomic E-state index is 13.0. The van der Waals surface area contributed by atoms with Crippen LogP contribution in [0.15, 0.2) is 48.7 Å². The van der Waals surface area contributed by atoms with Crippen LogP contribution in [0.4, 0.5) is 0 Å². The van der Waals surface area contributed by atoms with E-state index in [0.717, 1.165) is 37.3 Å². The summed E-state index contributed by atoms with van der Waals surface area (Å²) in [6.07, 6.45) is 3.27. The van der Waals surface area contributed by atoms with E-state index in [1.807, 2.05) is 51.9 Å². The molecular formula is C23H28N4O4. The first-order valence-corrected chi connectivity index (χ1v) is 10.6. The number of carbonyl (C=O) groups excluding carboxylic acids is 1. The Morgan fingerprint density at radius 1 is 1.19 bits per heavy atom. The summed E-state index contributed by atoms with van der Waals surface area (Å²) in [5.41, 5.74) is 2.01. The van der Waals surface area contributed by atoms with Crippen LogP contribution in [0, 0.1) is 0 Å². The van der Waals surface area contributed by atoms with Gasteiger partial charge in [0.2, 0.25) is 0 Å². The molecule has 164 valence electrons. The van der Waals surface area contributed by atoms with Gasteiger partial charge in [-0.25, -0.2) is 4.98 Å². The number of hydrogen-bond acceptors (Lipinski definition) is 6. The number of aromatic nitrogens is 2. The van der Waals surface area contributed by atoms with Gasteiger partial charge in [0.15, 0.2) is 5.69 Å². The average molecular weight is 425 g/mol. The van der Waals surface area contributed by atoms with E-state index in [9.17, 15) is 9.90 Å². The van der Waals surface area contributed by atoms with Crippen molar-refractivity contribution >= 4 is 11.6 Å². The van der Waals surface area contributed by atoms with E-state index in [2.05, 4.69) is 10.3 Å². The first-order valence-electron chi connectivity index (χ1n) is 10.6. The lowest BCUT2D eigenvalue weighted by atomic mass is 10.2. The smallest absolute Gasteiger partial charge is 0.274 e. The Kier molecular flexibility index (Phi) is 6.69. The number of fused-ring (bicyclic) bond motifs is 1. The minimum atomic E-state index is -0.705. The molecule has 0 unspecified atom stereocenters. The number of amides is 1. The van der Waals surface area contributed by atoms with Crippen molar-refractivity contribution in [1.82, 2.24) is 19.6 Å². The number of likely N-dealkylation sites (tertiary alicyclic amines) is 1. The standard InChI is InChI=1S/C23H28N4O4/c1-30-18-7-6-8-19(13-18)31-16-17(28)14-24-15-20-22(23(29)26-10-4-5-11-26)25-21-9-2-3-12-27(20)21/h2-3,6-9,12-13,17,24,28H,4-5,10-11,14-16H2,1H3/t17-/m1/s1. The van der Waals surface area contributed by atoms with Crippen molar-refractivity contribution in [3.63, 3.8) is 0 Å². The van der Waals surface area contributed by atoms with Gasteiger partial charge in [-0.1, -0.05) is 12.1 Å². The van der Waals surface area contributed by atoms with Crippen LogP contribution in [-0.2, 0) is 6.54 Å². The molecule has 1 aliphatic rings. The topological polar surface area (TPSA) is 88.3 Å². The number of carbonyl (C=O) groups is 1. The van der Waals surface area contributed by atoms with Crippen LogP contribution in [-0.4, -0.2) is 64.8 Å². The van der Waals surface area contributed by atoms with Gasteiger partial charge in [-0.15, -0.1) is 0 Å². The zero-order chi connectivity index (χ0) is 21.6. The first kappa shape index (κ1) is 21.1. The van der Waals surface area contributed by atoms with Crippen molar-refractivity contribution in [3.05, 3.63) is 60.0 Å². The largest absolute Gasteiger partial charge is 0.497 e.